The number of nitrogens with zero attached hydrogens (tertiary/aromatic N) is 3. The van der Waals surface area contributed by atoms with E-state index in [1.165, 1.54) is 0 Å². The number of rotatable bonds is 2. The van der Waals surface area contributed by atoms with Crippen LogP contribution in [-0.2, 0) is 3.79 Å². The molecule has 0 fully saturated rings. The molecule has 2 rings (SSSR count). The monoisotopic (exact) mass is 315 g/mol. The number of carbonyl (C=O) groups excluding carboxylic acids is 1. The molecule has 0 spiro atoms. The van der Waals surface area contributed by atoms with Gasteiger partial charge in [0.15, 0.2) is 11.6 Å². The highest BCUT2D eigenvalue weighted by molar-refractivity contribution is 6.66. The average Bonchev–Trinajstić information content (AvgIpc) is 2.37. The summed E-state index contributed by atoms with van der Waals surface area (Å²) in [7, 11) is 0. The van der Waals surface area contributed by atoms with Gasteiger partial charge in [0, 0.05) is 11.1 Å². The number of halogens is 3. The van der Waals surface area contributed by atoms with Crippen LogP contribution in [-0.4, -0.2) is 21.2 Å². The molecule has 0 amide bonds. The molecule has 0 N–H and O–H groups in total. The lowest BCUT2D eigenvalue weighted by Gasteiger charge is -2.11. The summed E-state index contributed by atoms with van der Waals surface area (Å²) in [6.07, 6.45) is 0.759. The third-order valence-corrected chi connectivity index (χ3v) is 2.81. The van der Waals surface area contributed by atoms with Crippen LogP contribution in [0, 0.1) is 6.92 Å². The Labute approximate surface area is 124 Å². The van der Waals surface area contributed by atoms with E-state index < -0.39 is 3.79 Å². The van der Waals surface area contributed by atoms with Crippen molar-refractivity contribution in [2.24, 2.45) is 0 Å². The minimum Gasteiger partial charge on any atom is -0.298 e. The molecule has 7 heteroatoms. The van der Waals surface area contributed by atoms with Gasteiger partial charge in [-0.3, -0.25) is 4.79 Å². The first-order chi connectivity index (χ1) is 8.90. The summed E-state index contributed by atoms with van der Waals surface area (Å²) in [5.74, 6) is 0.913. The summed E-state index contributed by atoms with van der Waals surface area (Å²) < 4.78 is -1.70. The van der Waals surface area contributed by atoms with Gasteiger partial charge in [-0.2, -0.15) is 0 Å². The molecular weight excluding hydrogens is 309 g/mol. The second kappa shape index (κ2) is 5.41. The maximum Gasteiger partial charge on any atom is 0.250 e. The van der Waals surface area contributed by atoms with Gasteiger partial charge in [-0.15, -0.1) is 0 Å². The number of benzene rings is 1. The Balaban J connectivity index is 2.49. The number of aryl methyl sites for hydroxylation is 1. The molecule has 98 valence electrons. The predicted molar refractivity (Wildman–Crippen MR) is 74.6 cm³/mol. The van der Waals surface area contributed by atoms with Gasteiger partial charge in [0.05, 0.1) is 0 Å². The van der Waals surface area contributed by atoms with Crippen molar-refractivity contribution in [1.82, 2.24) is 15.0 Å². The zero-order valence-electron chi connectivity index (χ0n) is 9.77. The van der Waals surface area contributed by atoms with Gasteiger partial charge in [0.25, 0.3) is 0 Å². The van der Waals surface area contributed by atoms with E-state index in [-0.39, 0.29) is 5.82 Å². The molecule has 0 unspecified atom stereocenters. The van der Waals surface area contributed by atoms with E-state index in [1.54, 1.807) is 31.2 Å². The molecule has 0 aliphatic heterocycles. The van der Waals surface area contributed by atoms with Gasteiger partial charge < -0.3 is 0 Å². The van der Waals surface area contributed by atoms with Crippen molar-refractivity contribution < 1.29 is 4.79 Å². The fraction of sp³-hybridized carbons (Fsp3) is 0.167. The summed E-state index contributed by atoms with van der Waals surface area (Å²) >= 11 is 17.3. The van der Waals surface area contributed by atoms with Crippen LogP contribution in [0.2, 0.25) is 0 Å². The van der Waals surface area contributed by atoms with Crippen LogP contribution in [0.3, 0.4) is 0 Å². The van der Waals surface area contributed by atoms with Crippen LogP contribution in [0.25, 0.3) is 11.4 Å². The summed E-state index contributed by atoms with van der Waals surface area (Å²) in [5.41, 5.74) is 1.28. The van der Waals surface area contributed by atoms with E-state index in [2.05, 4.69) is 15.0 Å². The lowest BCUT2D eigenvalue weighted by atomic mass is 10.1. The first kappa shape index (κ1) is 14.2. The lowest BCUT2D eigenvalue weighted by Crippen LogP contribution is -2.11. The standard InChI is InChI=1S/C12H8Cl3N3O/c1-7-16-10(18-11(17-7)12(13,14)15)9-4-2-8(6-19)3-5-9/h2-6H,1H3. The van der Waals surface area contributed by atoms with Crippen molar-refractivity contribution in [2.75, 3.05) is 0 Å². The van der Waals surface area contributed by atoms with Crippen molar-refractivity contribution in [3.63, 3.8) is 0 Å². The van der Waals surface area contributed by atoms with Crippen LogP contribution in [0.15, 0.2) is 24.3 Å². The molecule has 2 aromatic rings. The van der Waals surface area contributed by atoms with Crippen LogP contribution in [0.4, 0.5) is 0 Å². The molecule has 0 aliphatic rings. The molecule has 0 aliphatic carbocycles. The van der Waals surface area contributed by atoms with Crippen LogP contribution < -0.4 is 0 Å². The van der Waals surface area contributed by atoms with Gasteiger partial charge in [0.1, 0.15) is 12.1 Å². The molecule has 1 aromatic carbocycles. The second-order valence-electron chi connectivity index (χ2n) is 3.77. The molecule has 19 heavy (non-hydrogen) atoms. The fourth-order valence-electron chi connectivity index (χ4n) is 1.45. The van der Waals surface area contributed by atoms with E-state index >= 15 is 0 Å². The van der Waals surface area contributed by atoms with Crippen molar-refractivity contribution in [2.45, 2.75) is 10.7 Å². The highest BCUT2D eigenvalue weighted by atomic mass is 35.6. The maximum absolute atomic E-state index is 10.6. The van der Waals surface area contributed by atoms with Gasteiger partial charge >= 0.3 is 0 Å². The smallest absolute Gasteiger partial charge is 0.250 e. The molecule has 0 bridgehead atoms. The Morgan fingerprint density at radius 3 is 2.21 bits per heavy atom. The zero-order chi connectivity index (χ0) is 14.0. The van der Waals surface area contributed by atoms with Crippen LogP contribution >= 0.6 is 34.8 Å². The average molecular weight is 317 g/mol. The number of hydrogen-bond acceptors (Lipinski definition) is 4. The topological polar surface area (TPSA) is 55.7 Å². The molecule has 0 atom stereocenters. The quantitative estimate of drug-likeness (QED) is 0.628. The molecule has 0 radical (unpaired) electrons. The van der Waals surface area contributed by atoms with Crippen molar-refractivity contribution >= 4 is 41.1 Å². The SMILES string of the molecule is Cc1nc(-c2ccc(C=O)cc2)nc(C(Cl)(Cl)Cl)n1. The molecule has 1 heterocycles. The van der Waals surface area contributed by atoms with E-state index in [4.69, 9.17) is 34.8 Å². The predicted octanol–water partition coefficient (Wildman–Crippen LogP) is 3.49. The highest BCUT2D eigenvalue weighted by Gasteiger charge is 2.27. The molecule has 4 nitrogen and oxygen atoms in total. The third kappa shape index (κ3) is 3.41. The largest absolute Gasteiger partial charge is 0.298 e. The second-order valence-corrected chi connectivity index (χ2v) is 6.05. The highest BCUT2D eigenvalue weighted by Crippen LogP contribution is 2.36. The van der Waals surface area contributed by atoms with Gasteiger partial charge in [-0.25, -0.2) is 15.0 Å². The Morgan fingerprint density at radius 1 is 1.05 bits per heavy atom. The van der Waals surface area contributed by atoms with Crippen molar-refractivity contribution in [1.29, 1.82) is 0 Å². The maximum atomic E-state index is 10.6. The first-order valence-electron chi connectivity index (χ1n) is 5.25. The number of aromatic nitrogens is 3. The Morgan fingerprint density at radius 2 is 1.68 bits per heavy atom. The first-order valence-corrected chi connectivity index (χ1v) is 6.39. The zero-order valence-corrected chi connectivity index (χ0v) is 12.0. The Kier molecular flexibility index (Phi) is 4.04. The summed E-state index contributed by atoms with van der Waals surface area (Å²) in [6, 6.07) is 6.77. The minimum atomic E-state index is -1.70. The van der Waals surface area contributed by atoms with E-state index in [0.29, 0.717) is 22.8 Å². The molecular formula is C12H8Cl3N3O. The Hall–Kier alpha value is -1.23. The lowest BCUT2D eigenvalue weighted by molar-refractivity contribution is 0.112. The van der Waals surface area contributed by atoms with E-state index in [1.807, 2.05) is 0 Å². The summed E-state index contributed by atoms with van der Waals surface area (Å²) in [5, 5.41) is 0. The van der Waals surface area contributed by atoms with Crippen LogP contribution in [0.5, 0.6) is 0 Å². The number of aldehydes is 1. The minimum absolute atomic E-state index is 0.0689. The van der Waals surface area contributed by atoms with Crippen LogP contribution in [0.1, 0.15) is 22.0 Å². The third-order valence-electron chi connectivity index (χ3n) is 2.31. The van der Waals surface area contributed by atoms with Gasteiger partial charge in [0.2, 0.25) is 3.79 Å². The van der Waals surface area contributed by atoms with Crippen molar-refractivity contribution in [3.05, 3.63) is 41.5 Å². The van der Waals surface area contributed by atoms with Gasteiger partial charge in [-0.05, 0) is 6.92 Å². The summed E-state index contributed by atoms with van der Waals surface area (Å²) in [6.45, 7) is 1.69. The fourth-order valence-corrected chi connectivity index (χ4v) is 1.70. The Bertz CT molecular complexity index is 609. The number of carbonyl (C=O) groups is 1. The number of hydrogen-bond donors (Lipinski definition) is 0. The summed E-state index contributed by atoms with van der Waals surface area (Å²) in [4.78, 5) is 22.9. The number of alkyl halides is 3. The molecule has 0 saturated carbocycles. The molecule has 1 aromatic heterocycles. The van der Waals surface area contributed by atoms with E-state index in [9.17, 15) is 4.79 Å². The molecule has 0 saturated heterocycles. The van der Waals surface area contributed by atoms with E-state index in [0.717, 1.165) is 6.29 Å². The van der Waals surface area contributed by atoms with Crippen molar-refractivity contribution in [3.8, 4) is 11.4 Å². The normalized spacial score (nSPS) is 11.4. The van der Waals surface area contributed by atoms with Gasteiger partial charge in [-0.1, -0.05) is 59.1 Å².